The molecular weight excluding hydrogens is 825 g/mol. The van der Waals surface area contributed by atoms with Crippen molar-refractivity contribution in [2.75, 3.05) is 56.9 Å². The Bertz CT molecular complexity index is 2460. The summed E-state index contributed by atoms with van der Waals surface area (Å²) in [6.07, 6.45) is -1.50. The fourth-order valence-corrected chi connectivity index (χ4v) is 8.19. The maximum atomic E-state index is 14.3. The lowest BCUT2D eigenvalue weighted by Crippen LogP contribution is -2.14. The van der Waals surface area contributed by atoms with Crippen LogP contribution in [0.1, 0.15) is 56.8 Å². The van der Waals surface area contributed by atoms with E-state index in [0.717, 1.165) is 11.1 Å². The predicted molar refractivity (Wildman–Crippen MR) is 241 cm³/mol. The van der Waals surface area contributed by atoms with Crippen molar-refractivity contribution >= 4 is 33.5 Å². The van der Waals surface area contributed by atoms with E-state index in [1.54, 1.807) is 26.0 Å². The second-order valence-electron chi connectivity index (χ2n) is 14.9. The molecule has 2 N–H and O–H groups in total. The highest BCUT2D eigenvalue weighted by Gasteiger charge is 2.38. The molecule has 6 aromatic rings. The van der Waals surface area contributed by atoms with E-state index in [4.69, 9.17) is 47.4 Å². The molecule has 0 bridgehead atoms. The van der Waals surface area contributed by atoms with Crippen LogP contribution in [0.3, 0.4) is 0 Å². The number of hydrogen-bond donors (Lipinski definition) is 2. The summed E-state index contributed by atoms with van der Waals surface area (Å²) in [5.41, 5.74) is 2.88. The summed E-state index contributed by atoms with van der Waals surface area (Å²) in [5, 5.41) is 23.1. The molecule has 0 aliphatic heterocycles. The van der Waals surface area contributed by atoms with Crippen LogP contribution in [-0.2, 0) is 35.5 Å². The standard InChI is InChI=1S/C50H54O14/c1-27(51)21-31-23-33-35(43(57-5)39(49(53)61-9)45(59-7)37(33)47(41(31)55-3)63-25-29-17-13-11-14-18-29)36-34-24-32(22-28(2)52)42(56-4)48(64-26-30-19-15-12-16-20-30)38(34)46(60-8)40(44(36)58-6)50(54)62-10/h11-20,23-24,27-28,51-52H,21-22,25-26H2,1-10H3/t27-,28-/m1/s1. The van der Waals surface area contributed by atoms with Gasteiger partial charge in [0, 0.05) is 45.9 Å². The lowest BCUT2D eigenvalue weighted by atomic mass is 9.85. The van der Waals surface area contributed by atoms with E-state index in [0.29, 0.717) is 21.9 Å². The summed E-state index contributed by atoms with van der Waals surface area (Å²) in [7, 11) is 11.0. The van der Waals surface area contributed by atoms with E-state index in [1.807, 2.05) is 60.7 Å². The van der Waals surface area contributed by atoms with Crippen LogP contribution in [0, 0.1) is 0 Å². The van der Waals surface area contributed by atoms with Crippen molar-refractivity contribution in [3.8, 4) is 57.1 Å². The minimum Gasteiger partial charge on any atom is -0.495 e. The van der Waals surface area contributed by atoms with Crippen LogP contribution < -0.4 is 37.9 Å². The van der Waals surface area contributed by atoms with E-state index >= 15 is 0 Å². The zero-order chi connectivity index (χ0) is 46.2. The molecule has 0 unspecified atom stereocenters. The summed E-state index contributed by atoms with van der Waals surface area (Å²) < 4.78 is 61.1. The van der Waals surface area contributed by atoms with Crippen molar-refractivity contribution in [2.45, 2.75) is 52.1 Å². The van der Waals surface area contributed by atoms with Gasteiger partial charge < -0.3 is 57.6 Å². The van der Waals surface area contributed by atoms with Crippen LogP contribution in [0.2, 0.25) is 0 Å². The molecule has 0 amide bonds. The average molecular weight is 879 g/mol. The second kappa shape index (κ2) is 20.5. The molecule has 0 radical (unpaired) electrons. The molecule has 0 saturated carbocycles. The quantitative estimate of drug-likeness (QED) is 0.0746. The number of aliphatic hydroxyl groups is 2. The predicted octanol–water partition coefficient (Wildman–Crippen LogP) is 8.29. The highest BCUT2D eigenvalue weighted by atomic mass is 16.5. The highest BCUT2D eigenvalue weighted by molar-refractivity contribution is 6.22. The molecule has 6 rings (SSSR count). The first-order chi connectivity index (χ1) is 30.9. The average Bonchev–Trinajstić information content (AvgIpc) is 3.30. The maximum Gasteiger partial charge on any atom is 0.345 e. The van der Waals surface area contributed by atoms with Crippen molar-refractivity contribution in [2.24, 2.45) is 0 Å². The lowest BCUT2D eigenvalue weighted by molar-refractivity contribution is 0.0584. The van der Waals surface area contributed by atoms with Crippen molar-refractivity contribution in [3.05, 3.63) is 106 Å². The van der Waals surface area contributed by atoms with Crippen LogP contribution in [0.4, 0.5) is 0 Å². The number of benzene rings is 6. The Hall–Kier alpha value is -6.90. The molecule has 2 atom stereocenters. The Labute approximate surface area is 372 Å². The summed E-state index contributed by atoms with van der Waals surface area (Å²) in [5.74, 6) is -0.748. The number of carbonyl (C=O) groups excluding carboxylic acids is 2. The number of fused-ring (bicyclic) bond motifs is 2. The van der Waals surface area contributed by atoms with Gasteiger partial charge in [-0.15, -0.1) is 0 Å². The number of hydrogen-bond acceptors (Lipinski definition) is 14. The third kappa shape index (κ3) is 8.84. The van der Waals surface area contributed by atoms with E-state index in [9.17, 15) is 19.8 Å². The van der Waals surface area contributed by atoms with Gasteiger partial charge >= 0.3 is 11.9 Å². The van der Waals surface area contributed by atoms with Gasteiger partial charge in [0.05, 0.1) is 79.9 Å². The number of carbonyl (C=O) groups is 2. The van der Waals surface area contributed by atoms with Gasteiger partial charge in [-0.25, -0.2) is 9.59 Å². The minimum absolute atomic E-state index is 0.0285. The fraction of sp³-hybridized carbons (Fsp3) is 0.320. The van der Waals surface area contributed by atoms with Crippen LogP contribution in [0.15, 0.2) is 72.8 Å². The smallest absolute Gasteiger partial charge is 0.345 e. The summed E-state index contributed by atoms with van der Waals surface area (Å²) in [6.45, 7) is 3.42. The van der Waals surface area contributed by atoms with E-state index < -0.39 is 24.1 Å². The van der Waals surface area contributed by atoms with E-state index in [1.165, 1.54) is 56.9 Å². The molecule has 6 aromatic carbocycles. The van der Waals surface area contributed by atoms with Gasteiger partial charge in [0.25, 0.3) is 0 Å². The van der Waals surface area contributed by atoms with Crippen LogP contribution in [-0.4, -0.2) is 91.2 Å². The molecule has 14 heteroatoms. The highest BCUT2D eigenvalue weighted by Crippen LogP contribution is 2.59. The van der Waals surface area contributed by atoms with Gasteiger partial charge in [-0.1, -0.05) is 60.7 Å². The molecule has 0 aliphatic carbocycles. The van der Waals surface area contributed by atoms with E-state index in [2.05, 4.69) is 0 Å². The van der Waals surface area contributed by atoms with Crippen molar-refractivity contribution in [1.29, 1.82) is 0 Å². The van der Waals surface area contributed by atoms with Crippen molar-refractivity contribution in [3.63, 3.8) is 0 Å². The van der Waals surface area contributed by atoms with Gasteiger partial charge in [-0.3, -0.25) is 0 Å². The molecule has 64 heavy (non-hydrogen) atoms. The number of rotatable bonds is 19. The van der Waals surface area contributed by atoms with Crippen molar-refractivity contribution in [1.82, 2.24) is 0 Å². The zero-order valence-electron chi connectivity index (χ0n) is 37.7. The zero-order valence-corrected chi connectivity index (χ0v) is 37.7. The number of aliphatic hydroxyl groups excluding tert-OH is 2. The van der Waals surface area contributed by atoms with Gasteiger partial charge in [0.1, 0.15) is 47.3 Å². The monoisotopic (exact) mass is 878 g/mol. The third-order valence-corrected chi connectivity index (χ3v) is 10.7. The van der Waals surface area contributed by atoms with Gasteiger partial charge in [-0.2, -0.15) is 0 Å². The molecule has 0 spiro atoms. The van der Waals surface area contributed by atoms with Crippen LogP contribution >= 0.6 is 0 Å². The normalized spacial score (nSPS) is 12.0. The summed E-state index contributed by atoms with van der Waals surface area (Å²) in [4.78, 5) is 28.5. The largest absolute Gasteiger partial charge is 0.495 e. The van der Waals surface area contributed by atoms with Gasteiger partial charge in [-0.05, 0) is 37.1 Å². The Morgan fingerprint density at radius 3 is 1.08 bits per heavy atom. The Morgan fingerprint density at radius 2 is 0.797 bits per heavy atom. The number of methoxy groups -OCH3 is 8. The Morgan fingerprint density at radius 1 is 0.469 bits per heavy atom. The lowest BCUT2D eigenvalue weighted by Gasteiger charge is -2.28. The van der Waals surface area contributed by atoms with Crippen LogP contribution in [0.5, 0.6) is 46.0 Å². The fourth-order valence-electron chi connectivity index (χ4n) is 8.19. The first-order valence-corrected chi connectivity index (χ1v) is 20.4. The Kier molecular flexibility index (Phi) is 14.9. The topological polar surface area (TPSA) is 167 Å². The summed E-state index contributed by atoms with van der Waals surface area (Å²) >= 11 is 0. The molecule has 0 heterocycles. The molecule has 0 saturated heterocycles. The molecule has 0 aliphatic rings. The van der Waals surface area contributed by atoms with Crippen molar-refractivity contribution < 1.29 is 67.2 Å². The minimum atomic E-state index is -0.850. The second-order valence-corrected chi connectivity index (χ2v) is 14.9. The SMILES string of the molecule is COC(=O)c1c(OC)c(-c2c(OC)c(C(=O)OC)c(OC)c3c(OCc4ccccc4)c(OC)c(C[C@@H](C)O)cc23)c2cc(C[C@@H](C)O)c(OC)c(OCc3ccccc3)c2c1OC. The van der Waals surface area contributed by atoms with Gasteiger partial charge in [0.2, 0.25) is 0 Å². The number of ether oxygens (including phenoxy) is 10. The Balaban J connectivity index is 1.96. The molecule has 338 valence electrons. The molecular formula is C50H54O14. The first-order valence-electron chi connectivity index (χ1n) is 20.4. The summed E-state index contributed by atoms with van der Waals surface area (Å²) in [6, 6.07) is 22.5. The number of esters is 2. The molecule has 0 fully saturated rings. The molecule has 14 nitrogen and oxygen atoms in total. The first kappa shape index (κ1) is 46.6. The molecule has 0 aromatic heterocycles. The van der Waals surface area contributed by atoms with E-state index in [-0.39, 0.29) is 105 Å². The third-order valence-electron chi connectivity index (χ3n) is 10.7. The van der Waals surface area contributed by atoms with Crippen LogP contribution in [0.25, 0.3) is 32.7 Å². The maximum absolute atomic E-state index is 14.3. The van der Waals surface area contributed by atoms with Gasteiger partial charge in [0.15, 0.2) is 23.0 Å².